The van der Waals surface area contributed by atoms with E-state index in [-0.39, 0.29) is 11.5 Å². The fraction of sp³-hybridized carbons (Fsp3) is 0.438. The van der Waals surface area contributed by atoms with E-state index in [1.165, 1.54) is 0 Å². The van der Waals surface area contributed by atoms with E-state index in [0.717, 1.165) is 28.2 Å². The molecule has 6 nitrogen and oxygen atoms in total. The number of aromatic amines is 1. The van der Waals surface area contributed by atoms with E-state index >= 15 is 0 Å². The Labute approximate surface area is 129 Å². The molecular formula is C16H22N4O2. The molecule has 2 heterocycles. The summed E-state index contributed by atoms with van der Waals surface area (Å²) in [7, 11) is 1.89. The van der Waals surface area contributed by atoms with Gasteiger partial charge in [0.05, 0.1) is 5.69 Å². The molecular weight excluding hydrogens is 280 g/mol. The predicted molar refractivity (Wildman–Crippen MR) is 86.2 cm³/mol. The number of amides is 1. The summed E-state index contributed by atoms with van der Waals surface area (Å²) in [4.78, 5) is 26.6. The van der Waals surface area contributed by atoms with Crippen molar-refractivity contribution in [3.05, 3.63) is 44.6 Å². The zero-order valence-electron chi connectivity index (χ0n) is 13.7. The Bertz CT molecular complexity index is 771. The third kappa shape index (κ3) is 3.27. The lowest BCUT2D eigenvalue weighted by Crippen LogP contribution is -2.21. The van der Waals surface area contributed by atoms with Crippen molar-refractivity contribution < 1.29 is 4.79 Å². The number of pyridine rings is 1. The highest BCUT2D eigenvalue weighted by molar-refractivity contribution is 5.90. The number of rotatable bonds is 4. The Morgan fingerprint density at radius 3 is 2.59 bits per heavy atom. The van der Waals surface area contributed by atoms with Crippen molar-refractivity contribution in [2.75, 3.05) is 5.32 Å². The molecule has 0 aliphatic heterocycles. The average Bonchev–Trinajstić information content (AvgIpc) is 2.67. The molecule has 0 spiro atoms. The largest absolute Gasteiger partial charge is 0.324 e. The van der Waals surface area contributed by atoms with Crippen LogP contribution in [0.1, 0.15) is 34.6 Å². The summed E-state index contributed by atoms with van der Waals surface area (Å²) in [6.07, 6.45) is 0.930. The third-order valence-electron chi connectivity index (χ3n) is 4.03. The summed E-state index contributed by atoms with van der Waals surface area (Å²) in [5.41, 5.74) is 4.87. The van der Waals surface area contributed by atoms with Gasteiger partial charge in [-0.2, -0.15) is 5.10 Å². The molecule has 0 bridgehead atoms. The normalized spacial score (nSPS) is 10.8. The van der Waals surface area contributed by atoms with Crippen LogP contribution in [-0.2, 0) is 18.3 Å². The first-order valence-electron chi connectivity index (χ1n) is 7.29. The predicted octanol–water partition coefficient (Wildman–Crippen LogP) is 1.91. The van der Waals surface area contributed by atoms with Crippen molar-refractivity contribution in [2.45, 2.75) is 40.5 Å². The van der Waals surface area contributed by atoms with E-state index in [4.69, 9.17) is 0 Å². The number of hydrogen-bond acceptors (Lipinski definition) is 3. The minimum atomic E-state index is -0.273. The zero-order chi connectivity index (χ0) is 16.4. The molecule has 0 saturated carbocycles. The maximum absolute atomic E-state index is 12.1. The molecule has 6 heteroatoms. The second-order valence-corrected chi connectivity index (χ2v) is 5.64. The highest BCUT2D eigenvalue weighted by Gasteiger charge is 2.12. The minimum Gasteiger partial charge on any atom is -0.324 e. The standard InChI is InChI=1S/C16H22N4O2/c1-9-8-14(16(22)17-10(9)2)18-15(21)7-6-13-11(3)19-20(5)12(13)4/h8H,6-7H2,1-5H3,(H,17,22)(H,18,21). The van der Waals surface area contributed by atoms with Crippen LogP contribution in [0.15, 0.2) is 10.9 Å². The number of aromatic nitrogens is 3. The van der Waals surface area contributed by atoms with Crippen molar-refractivity contribution in [3.63, 3.8) is 0 Å². The first-order chi connectivity index (χ1) is 10.3. The maximum atomic E-state index is 12.1. The molecule has 0 fully saturated rings. The first-order valence-corrected chi connectivity index (χ1v) is 7.29. The summed E-state index contributed by atoms with van der Waals surface area (Å²) >= 11 is 0. The second-order valence-electron chi connectivity index (χ2n) is 5.64. The molecule has 2 N–H and O–H groups in total. The molecule has 0 aromatic carbocycles. The lowest BCUT2D eigenvalue weighted by atomic mass is 10.1. The number of carbonyl (C=O) groups is 1. The van der Waals surface area contributed by atoms with Gasteiger partial charge in [0.15, 0.2) is 0 Å². The highest BCUT2D eigenvalue weighted by atomic mass is 16.2. The smallest absolute Gasteiger partial charge is 0.271 e. The van der Waals surface area contributed by atoms with Gasteiger partial charge in [-0.05, 0) is 51.3 Å². The fourth-order valence-electron chi connectivity index (χ4n) is 2.45. The topological polar surface area (TPSA) is 79.8 Å². The molecule has 2 aromatic rings. The SMILES string of the molecule is Cc1cc(NC(=O)CCc2c(C)nn(C)c2C)c(=O)[nH]c1C. The number of anilines is 1. The first kappa shape index (κ1) is 16.0. The zero-order valence-corrected chi connectivity index (χ0v) is 13.7. The van der Waals surface area contributed by atoms with E-state index in [0.29, 0.717) is 18.5 Å². The molecule has 1 amide bonds. The Morgan fingerprint density at radius 1 is 1.32 bits per heavy atom. The van der Waals surface area contributed by atoms with Crippen LogP contribution in [0.2, 0.25) is 0 Å². The van der Waals surface area contributed by atoms with Gasteiger partial charge in [0, 0.05) is 24.9 Å². The Hall–Kier alpha value is -2.37. The van der Waals surface area contributed by atoms with E-state index in [2.05, 4.69) is 15.4 Å². The molecule has 118 valence electrons. The van der Waals surface area contributed by atoms with Gasteiger partial charge in [-0.15, -0.1) is 0 Å². The maximum Gasteiger partial charge on any atom is 0.271 e. The van der Waals surface area contributed by atoms with Gasteiger partial charge in [-0.3, -0.25) is 14.3 Å². The van der Waals surface area contributed by atoms with Crippen LogP contribution < -0.4 is 10.9 Å². The van der Waals surface area contributed by atoms with E-state index in [9.17, 15) is 9.59 Å². The van der Waals surface area contributed by atoms with Gasteiger partial charge in [-0.25, -0.2) is 0 Å². The Balaban J connectivity index is 2.05. The number of hydrogen-bond donors (Lipinski definition) is 2. The molecule has 22 heavy (non-hydrogen) atoms. The van der Waals surface area contributed by atoms with Crippen LogP contribution >= 0.6 is 0 Å². The van der Waals surface area contributed by atoms with Crippen molar-refractivity contribution >= 4 is 11.6 Å². The average molecular weight is 302 g/mol. The van der Waals surface area contributed by atoms with Crippen LogP contribution in [0.25, 0.3) is 0 Å². The monoisotopic (exact) mass is 302 g/mol. The minimum absolute atomic E-state index is 0.170. The summed E-state index contributed by atoms with van der Waals surface area (Å²) in [6, 6.07) is 1.70. The van der Waals surface area contributed by atoms with Crippen LogP contribution in [0, 0.1) is 27.7 Å². The Morgan fingerprint density at radius 2 is 2.00 bits per heavy atom. The van der Waals surface area contributed by atoms with Crippen molar-refractivity contribution in [3.8, 4) is 0 Å². The summed E-state index contributed by atoms with van der Waals surface area (Å²) in [5, 5.41) is 7.02. The van der Waals surface area contributed by atoms with Crippen LogP contribution in [0.3, 0.4) is 0 Å². The van der Waals surface area contributed by atoms with Crippen molar-refractivity contribution in [1.82, 2.24) is 14.8 Å². The fourth-order valence-corrected chi connectivity index (χ4v) is 2.45. The molecule has 2 rings (SSSR count). The van der Waals surface area contributed by atoms with Crippen LogP contribution in [0.4, 0.5) is 5.69 Å². The van der Waals surface area contributed by atoms with Gasteiger partial charge in [0.2, 0.25) is 5.91 Å². The van der Waals surface area contributed by atoms with Gasteiger partial charge < -0.3 is 10.3 Å². The number of carbonyl (C=O) groups excluding carboxylic acids is 1. The Kier molecular flexibility index (Phi) is 4.49. The van der Waals surface area contributed by atoms with Crippen molar-refractivity contribution in [2.24, 2.45) is 7.05 Å². The highest BCUT2D eigenvalue weighted by Crippen LogP contribution is 2.14. The summed E-state index contributed by atoms with van der Waals surface area (Å²) in [6.45, 7) is 7.65. The van der Waals surface area contributed by atoms with Gasteiger partial charge in [0.1, 0.15) is 5.69 Å². The van der Waals surface area contributed by atoms with E-state index < -0.39 is 0 Å². The van der Waals surface area contributed by atoms with Gasteiger partial charge in [0.25, 0.3) is 5.56 Å². The van der Waals surface area contributed by atoms with E-state index in [1.807, 2.05) is 39.4 Å². The van der Waals surface area contributed by atoms with Crippen LogP contribution in [-0.4, -0.2) is 20.7 Å². The number of aryl methyl sites for hydroxylation is 4. The summed E-state index contributed by atoms with van der Waals surface area (Å²) < 4.78 is 1.82. The quantitative estimate of drug-likeness (QED) is 0.905. The number of nitrogens with one attached hydrogen (secondary N) is 2. The van der Waals surface area contributed by atoms with Gasteiger partial charge >= 0.3 is 0 Å². The third-order valence-corrected chi connectivity index (χ3v) is 4.03. The molecule has 0 unspecified atom stereocenters. The molecule has 0 aliphatic carbocycles. The van der Waals surface area contributed by atoms with Gasteiger partial charge in [-0.1, -0.05) is 0 Å². The number of H-pyrrole nitrogens is 1. The van der Waals surface area contributed by atoms with E-state index in [1.54, 1.807) is 6.07 Å². The van der Waals surface area contributed by atoms with Crippen molar-refractivity contribution in [1.29, 1.82) is 0 Å². The molecule has 0 atom stereocenters. The molecule has 0 aliphatic rings. The lowest BCUT2D eigenvalue weighted by molar-refractivity contribution is -0.116. The molecule has 2 aromatic heterocycles. The second kappa shape index (κ2) is 6.17. The molecule has 0 saturated heterocycles. The number of nitrogens with zero attached hydrogens (tertiary/aromatic N) is 2. The molecule has 0 radical (unpaired) electrons. The lowest BCUT2D eigenvalue weighted by Gasteiger charge is -2.07. The summed E-state index contributed by atoms with van der Waals surface area (Å²) in [5.74, 6) is -0.170. The van der Waals surface area contributed by atoms with Crippen LogP contribution in [0.5, 0.6) is 0 Å².